The molecular formula is C23H24FN3O2S. The van der Waals surface area contributed by atoms with Gasteiger partial charge in [0.1, 0.15) is 5.82 Å². The Balaban J connectivity index is 1.48. The van der Waals surface area contributed by atoms with Gasteiger partial charge >= 0.3 is 4.87 Å². The van der Waals surface area contributed by atoms with E-state index in [1.165, 1.54) is 29.3 Å². The van der Waals surface area contributed by atoms with Crippen LogP contribution in [0.2, 0.25) is 0 Å². The molecule has 156 valence electrons. The number of halogens is 1. The van der Waals surface area contributed by atoms with Crippen molar-refractivity contribution in [3.8, 4) is 11.3 Å². The zero-order chi connectivity index (χ0) is 21.1. The predicted octanol–water partition coefficient (Wildman–Crippen LogP) is 3.74. The lowest BCUT2D eigenvalue weighted by atomic mass is 10.1. The van der Waals surface area contributed by atoms with Gasteiger partial charge in [-0.3, -0.25) is 14.5 Å². The molecule has 0 amide bonds. The fourth-order valence-corrected chi connectivity index (χ4v) is 4.92. The summed E-state index contributed by atoms with van der Waals surface area (Å²) in [5.74, 6) is -0.665. The number of hydrogen-bond donors (Lipinski definition) is 0. The van der Waals surface area contributed by atoms with Gasteiger partial charge in [-0.1, -0.05) is 29.5 Å². The number of anilines is 1. The van der Waals surface area contributed by atoms with Gasteiger partial charge in [-0.25, -0.2) is 8.96 Å². The number of rotatable bonds is 5. The fraction of sp³-hybridized carbons (Fsp3) is 0.304. The zero-order valence-corrected chi connectivity index (χ0v) is 17.7. The summed E-state index contributed by atoms with van der Waals surface area (Å²) in [6, 6.07) is 16.4. The van der Waals surface area contributed by atoms with E-state index in [-0.39, 0.29) is 16.6 Å². The normalized spacial score (nSPS) is 14.8. The molecule has 30 heavy (non-hydrogen) atoms. The van der Waals surface area contributed by atoms with Crippen molar-refractivity contribution in [3.63, 3.8) is 0 Å². The molecule has 1 aliphatic rings. The molecule has 2 heterocycles. The van der Waals surface area contributed by atoms with E-state index in [9.17, 15) is 14.0 Å². The molecule has 4 rings (SSSR count). The lowest BCUT2D eigenvalue weighted by molar-refractivity contribution is 0.0936. The van der Waals surface area contributed by atoms with Gasteiger partial charge in [0.05, 0.1) is 5.69 Å². The van der Waals surface area contributed by atoms with Crippen LogP contribution in [0, 0.1) is 5.82 Å². The monoisotopic (exact) mass is 425 g/mol. The van der Waals surface area contributed by atoms with Gasteiger partial charge in [0.25, 0.3) is 0 Å². The topological polar surface area (TPSA) is 45.6 Å². The van der Waals surface area contributed by atoms with Crippen LogP contribution >= 0.6 is 11.3 Å². The highest BCUT2D eigenvalue weighted by Gasteiger charge is 2.22. The van der Waals surface area contributed by atoms with Crippen LogP contribution in [-0.4, -0.2) is 48.1 Å². The van der Waals surface area contributed by atoms with Crippen molar-refractivity contribution < 1.29 is 9.18 Å². The van der Waals surface area contributed by atoms with Crippen molar-refractivity contribution in [1.82, 2.24) is 9.47 Å². The summed E-state index contributed by atoms with van der Waals surface area (Å²) in [5, 5.41) is 0. The Labute approximate surface area is 179 Å². The Bertz CT molecular complexity index is 1070. The summed E-state index contributed by atoms with van der Waals surface area (Å²) in [4.78, 5) is 29.9. The number of para-hydroxylation sites is 1. The Hall–Kier alpha value is -2.77. The highest BCUT2D eigenvalue weighted by Crippen LogP contribution is 2.27. The molecule has 1 fully saturated rings. The van der Waals surface area contributed by atoms with Crippen molar-refractivity contribution in [1.29, 1.82) is 0 Å². The molecule has 0 bridgehead atoms. The third-order valence-corrected chi connectivity index (χ3v) is 6.46. The number of carbonyl (C=O) groups is 1. The van der Waals surface area contributed by atoms with Gasteiger partial charge in [0, 0.05) is 55.8 Å². The third kappa shape index (κ3) is 4.37. The molecule has 0 unspecified atom stereocenters. The van der Waals surface area contributed by atoms with E-state index in [1.807, 2.05) is 6.07 Å². The molecule has 0 N–H and O–H groups in total. The summed E-state index contributed by atoms with van der Waals surface area (Å²) in [6.07, 6.45) is 0.679. The highest BCUT2D eigenvalue weighted by atomic mass is 32.1. The van der Waals surface area contributed by atoms with E-state index in [2.05, 4.69) is 34.1 Å². The van der Waals surface area contributed by atoms with Crippen LogP contribution in [0.5, 0.6) is 0 Å². The minimum absolute atomic E-state index is 0.286. The van der Waals surface area contributed by atoms with Crippen LogP contribution in [0.25, 0.3) is 11.3 Å². The van der Waals surface area contributed by atoms with E-state index in [4.69, 9.17) is 0 Å². The number of benzene rings is 2. The highest BCUT2D eigenvalue weighted by molar-refractivity contribution is 7.09. The number of hydrogen-bond acceptors (Lipinski definition) is 5. The first-order chi connectivity index (χ1) is 14.5. The van der Waals surface area contributed by atoms with E-state index < -0.39 is 0 Å². The van der Waals surface area contributed by atoms with Crippen molar-refractivity contribution in [3.05, 3.63) is 75.0 Å². The zero-order valence-electron chi connectivity index (χ0n) is 16.9. The van der Waals surface area contributed by atoms with Gasteiger partial charge in [-0.05, 0) is 42.8 Å². The van der Waals surface area contributed by atoms with Crippen molar-refractivity contribution in [2.45, 2.75) is 13.3 Å². The summed E-state index contributed by atoms with van der Waals surface area (Å²) in [7, 11) is 0. The number of carbonyl (C=O) groups excluding carboxylic acids is 1. The molecule has 0 saturated carbocycles. The quantitative estimate of drug-likeness (QED) is 0.625. The largest absolute Gasteiger partial charge is 0.369 e. The summed E-state index contributed by atoms with van der Waals surface area (Å²) in [5.41, 5.74) is 2.53. The predicted molar refractivity (Wildman–Crippen MR) is 119 cm³/mol. The Morgan fingerprint density at radius 2 is 1.67 bits per heavy atom. The second-order valence-electron chi connectivity index (χ2n) is 7.42. The number of piperazine rings is 1. The maximum absolute atomic E-state index is 13.4. The Morgan fingerprint density at radius 3 is 2.30 bits per heavy atom. The van der Waals surface area contributed by atoms with Gasteiger partial charge < -0.3 is 4.90 Å². The first kappa shape index (κ1) is 20.5. The lowest BCUT2D eigenvalue weighted by Crippen LogP contribution is -2.46. The molecule has 1 aromatic heterocycles. The van der Waals surface area contributed by atoms with Gasteiger partial charge in [0.2, 0.25) is 5.91 Å². The molecule has 1 aliphatic heterocycles. The summed E-state index contributed by atoms with van der Waals surface area (Å²) >= 11 is 1.11. The van der Waals surface area contributed by atoms with Crippen LogP contribution in [0.1, 0.15) is 16.6 Å². The lowest BCUT2D eigenvalue weighted by Gasteiger charge is -2.36. The van der Waals surface area contributed by atoms with Crippen LogP contribution in [0.15, 0.2) is 59.4 Å². The standard InChI is InChI=1S/C23H24FN3O2S/c1-17(28)27-22(18-7-9-19(24)10-8-18)21(30-23(27)29)11-12-25-13-15-26(16-14-25)20-5-3-2-4-6-20/h2-10H,11-16H2,1H3. The van der Waals surface area contributed by atoms with E-state index in [0.29, 0.717) is 17.7 Å². The second-order valence-corrected chi connectivity index (χ2v) is 8.46. The van der Waals surface area contributed by atoms with Gasteiger partial charge in [-0.15, -0.1) is 0 Å². The Morgan fingerprint density at radius 1 is 1.00 bits per heavy atom. The first-order valence-electron chi connectivity index (χ1n) is 10.1. The molecule has 3 aromatic rings. The van der Waals surface area contributed by atoms with Gasteiger partial charge in [-0.2, -0.15) is 0 Å². The van der Waals surface area contributed by atoms with Crippen LogP contribution in [0.3, 0.4) is 0 Å². The van der Waals surface area contributed by atoms with Crippen LogP contribution in [-0.2, 0) is 6.42 Å². The molecule has 0 aliphatic carbocycles. The number of thiazole rings is 1. The maximum atomic E-state index is 13.4. The fourth-order valence-electron chi connectivity index (χ4n) is 3.90. The van der Waals surface area contributed by atoms with E-state index in [0.717, 1.165) is 48.9 Å². The van der Waals surface area contributed by atoms with E-state index >= 15 is 0 Å². The smallest absolute Gasteiger partial charge is 0.314 e. The SMILES string of the molecule is CC(=O)n1c(-c2ccc(F)cc2)c(CCN2CCN(c3ccccc3)CC2)sc1=O. The maximum Gasteiger partial charge on any atom is 0.314 e. The minimum atomic E-state index is -0.344. The third-order valence-electron chi connectivity index (χ3n) is 5.46. The molecule has 7 heteroatoms. The van der Waals surface area contributed by atoms with Crippen molar-refractivity contribution in [2.24, 2.45) is 0 Å². The molecule has 0 spiro atoms. The van der Waals surface area contributed by atoms with Gasteiger partial charge in [0.15, 0.2) is 0 Å². The molecule has 0 radical (unpaired) electrons. The first-order valence-corrected chi connectivity index (χ1v) is 10.9. The summed E-state index contributed by atoms with van der Waals surface area (Å²) < 4.78 is 14.6. The molecular weight excluding hydrogens is 401 g/mol. The minimum Gasteiger partial charge on any atom is -0.369 e. The number of aromatic nitrogens is 1. The van der Waals surface area contributed by atoms with E-state index in [1.54, 1.807) is 12.1 Å². The van der Waals surface area contributed by atoms with Crippen LogP contribution < -0.4 is 9.77 Å². The van der Waals surface area contributed by atoms with Crippen molar-refractivity contribution >= 4 is 22.9 Å². The molecule has 2 aromatic carbocycles. The molecule has 0 atom stereocenters. The van der Waals surface area contributed by atoms with Crippen molar-refractivity contribution in [2.75, 3.05) is 37.6 Å². The Kier molecular flexibility index (Phi) is 6.11. The molecule has 5 nitrogen and oxygen atoms in total. The average molecular weight is 426 g/mol. The average Bonchev–Trinajstić information content (AvgIpc) is 3.10. The molecule has 1 saturated heterocycles. The summed E-state index contributed by atoms with van der Waals surface area (Å²) in [6.45, 7) is 6.01. The number of nitrogens with zero attached hydrogens (tertiary/aromatic N) is 3. The second kappa shape index (κ2) is 8.93. The van der Waals surface area contributed by atoms with Crippen LogP contribution in [0.4, 0.5) is 10.1 Å².